The van der Waals surface area contributed by atoms with E-state index in [1.54, 1.807) is 16.4 Å². The number of fused-ring (bicyclic) bond motifs is 1. The van der Waals surface area contributed by atoms with E-state index in [1.807, 2.05) is 18.2 Å². The largest absolute Gasteiger partial charge is 0.379 e. The minimum atomic E-state index is -3.61. The van der Waals surface area contributed by atoms with E-state index < -0.39 is 10.0 Å². The summed E-state index contributed by atoms with van der Waals surface area (Å²) in [4.78, 5) is 14.9. The summed E-state index contributed by atoms with van der Waals surface area (Å²) in [5.41, 5.74) is 1.93. The lowest BCUT2D eigenvalue weighted by atomic mass is 9.68. The van der Waals surface area contributed by atoms with Crippen LogP contribution in [0.2, 0.25) is 0 Å². The molecule has 4 rings (SSSR count). The Morgan fingerprint density at radius 3 is 2.42 bits per heavy atom. The predicted molar refractivity (Wildman–Crippen MR) is 121 cm³/mol. The molecule has 2 aliphatic heterocycles. The Labute approximate surface area is 186 Å². The maximum atomic E-state index is 13.5. The van der Waals surface area contributed by atoms with Gasteiger partial charge in [-0.15, -0.1) is 0 Å². The first kappa shape index (κ1) is 22.6. The van der Waals surface area contributed by atoms with E-state index in [9.17, 15) is 13.2 Å². The zero-order chi connectivity index (χ0) is 22.3. The van der Waals surface area contributed by atoms with Crippen molar-refractivity contribution in [2.24, 2.45) is 5.41 Å². The summed E-state index contributed by atoms with van der Waals surface area (Å²) in [5, 5.41) is 0. The molecular weight excluding hydrogens is 412 g/mol. The molecule has 1 saturated heterocycles. The number of hydrogen-bond acceptors (Lipinski definition) is 5. The highest BCUT2D eigenvalue weighted by atomic mass is 32.2. The number of Topliss-reactive ketones (excluding diaryl/α,β-unsaturated/α-hetero) is 1. The first-order valence-electron chi connectivity index (χ1n) is 11.2. The first-order chi connectivity index (χ1) is 14.6. The van der Waals surface area contributed by atoms with Crippen molar-refractivity contribution in [3.05, 3.63) is 41.5 Å². The number of hydrogen-bond donors (Lipinski definition) is 0. The van der Waals surface area contributed by atoms with E-state index in [0.29, 0.717) is 50.5 Å². The minimum Gasteiger partial charge on any atom is -0.379 e. The SMILES string of the molecule is CC(C)(C)c1ccc(S(=O)(=O)N2CC=C3CC(=O)CC[C@]3(CN3CCOCC3)C2)cc1. The van der Waals surface area contributed by atoms with Crippen LogP contribution in [0.25, 0.3) is 0 Å². The van der Waals surface area contributed by atoms with Gasteiger partial charge in [-0.05, 0) is 29.5 Å². The topological polar surface area (TPSA) is 66.9 Å². The molecule has 1 aliphatic carbocycles. The van der Waals surface area contributed by atoms with Crippen LogP contribution in [0, 0.1) is 5.41 Å². The van der Waals surface area contributed by atoms with Gasteiger partial charge in [0.2, 0.25) is 10.0 Å². The molecule has 6 nitrogen and oxygen atoms in total. The molecule has 31 heavy (non-hydrogen) atoms. The molecule has 0 spiro atoms. The Bertz CT molecular complexity index is 956. The van der Waals surface area contributed by atoms with Gasteiger partial charge < -0.3 is 4.74 Å². The molecule has 0 amide bonds. The number of nitrogens with zero attached hydrogens (tertiary/aromatic N) is 2. The lowest BCUT2D eigenvalue weighted by Gasteiger charge is -2.48. The van der Waals surface area contributed by atoms with Gasteiger partial charge in [0.25, 0.3) is 0 Å². The zero-order valence-corrected chi connectivity index (χ0v) is 19.7. The summed E-state index contributed by atoms with van der Waals surface area (Å²) in [6, 6.07) is 7.30. The van der Waals surface area contributed by atoms with Crippen LogP contribution in [-0.4, -0.2) is 69.3 Å². The quantitative estimate of drug-likeness (QED) is 0.665. The molecule has 1 saturated carbocycles. The average Bonchev–Trinajstić information content (AvgIpc) is 2.74. The molecule has 1 aromatic rings. The van der Waals surface area contributed by atoms with E-state index in [0.717, 1.165) is 30.8 Å². The molecule has 0 radical (unpaired) electrons. The van der Waals surface area contributed by atoms with Gasteiger partial charge in [0, 0.05) is 51.0 Å². The van der Waals surface area contributed by atoms with E-state index in [1.165, 1.54) is 0 Å². The van der Waals surface area contributed by atoms with E-state index >= 15 is 0 Å². The second kappa shape index (κ2) is 8.43. The maximum absolute atomic E-state index is 13.5. The van der Waals surface area contributed by atoms with Crippen molar-refractivity contribution < 1.29 is 17.9 Å². The number of ketones is 1. The third-order valence-electron chi connectivity index (χ3n) is 6.96. The van der Waals surface area contributed by atoms with Crippen LogP contribution < -0.4 is 0 Å². The first-order valence-corrected chi connectivity index (χ1v) is 12.7. The smallest absolute Gasteiger partial charge is 0.243 e. The molecule has 2 heterocycles. The van der Waals surface area contributed by atoms with Gasteiger partial charge in [0.1, 0.15) is 5.78 Å². The van der Waals surface area contributed by atoms with Crippen LogP contribution in [0.4, 0.5) is 0 Å². The Hall–Kier alpha value is -1.54. The van der Waals surface area contributed by atoms with E-state index in [2.05, 4.69) is 25.7 Å². The van der Waals surface area contributed by atoms with Crippen molar-refractivity contribution in [3.8, 4) is 0 Å². The molecule has 1 atom stereocenters. The van der Waals surface area contributed by atoms with Gasteiger partial charge in [-0.2, -0.15) is 4.31 Å². The Balaban J connectivity index is 1.61. The monoisotopic (exact) mass is 446 g/mol. The molecule has 0 unspecified atom stereocenters. The molecular formula is C24H34N2O4S. The van der Waals surface area contributed by atoms with E-state index in [4.69, 9.17) is 4.74 Å². The van der Waals surface area contributed by atoms with E-state index in [-0.39, 0.29) is 16.6 Å². The normalized spacial score (nSPS) is 26.4. The molecule has 170 valence electrons. The van der Waals surface area contributed by atoms with Crippen LogP contribution in [0.5, 0.6) is 0 Å². The lowest BCUT2D eigenvalue weighted by molar-refractivity contribution is -0.121. The van der Waals surface area contributed by atoms with Crippen LogP contribution in [0.3, 0.4) is 0 Å². The number of rotatable bonds is 4. The Morgan fingerprint density at radius 2 is 1.77 bits per heavy atom. The van der Waals surface area contributed by atoms with Gasteiger partial charge in [-0.3, -0.25) is 9.69 Å². The van der Waals surface area contributed by atoms with Crippen molar-refractivity contribution in [1.82, 2.24) is 9.21 Å². The number of carbonyl (C=O) groups is 1. The molecule has 7 heteroatoms. The minimum absolute atomic E-state index is 0.0259. The zero-order valence-electron chi connectivity index (χ0n) is 18.9. The second-order valence-corrected chi connectivity index (χ2v) is 12.1. The molecule has 1 aromatic carbocycles. The average molecular weight is 447 g/mol. The molecule has 2 fully saturated rings. The maximum Gasteiger partial charge on any atom is 0.243 e. The summed E-state index contributed by atoms with van der Waals surface area (Å²) in [6.07, 6.45) is 3.69. The van der Waals surface area contributed by atoms with Gasteiger partial charge in [-0.1, -0.05) is 44.6 Å². The Kier molecular flexibility index (Phi) is 6.16. The van der Waals surface area contributed by atoms with Crippen molar-refractivity contribution in [2.75, 3.05) is 45.9 Å². The Morgan fingerprint density at radius 1 is 1.10 bits per heavy atom. The van der Waals surface area contributed by atoms with Crippen molar-refractivity contribution in [2.45, 2.75) is 50.3 Å². The predicted octanol–water partition coefficient (Wildman–Crippen LogP) is 2.99. The highest BCUT2D eigenvalue weighted by molar-refractivity contribution is 7.89. The molecule has 0 bridgehead atoms. The molecule has 0 N–H and O–H groups in total. The standard InChI is InChI=1S/C24H34N2O4S/c1-23(2,3)19-4-6-22(7-5-19)31(28,29)26-11-9-20-16-21(27)8-10-24(20,18-26)17-25-12-14-30-15-13-25/h4-7,9H,8,10-18H2,1-3H3/t24-/m0/s1. The molecule has 3 aliphatic rings. The third-order valence-corrected chi connectivity index (χ3v) is 8.79. The fourth-order valence-electron chi connectivity index (χ4n) is 4.99. The highest BCUT2D eigenvalue weighted by Crippen LogP contribution is 2.44. The number of ether oxygens (including phenoxy) is 1. The third kappa shape index (κ3) is 4.65. The second-order valence-electron chi connectivity index (χ2n) is 10.2. The van der Waals surface area contributed by atoms with Crippen molar-refractivity contribution >= 4 is 15.8 Å². The number of carbonyl (C=O) groups excluding carboxylic acids is 1. The summed E-state index contributed by atoms with van der Waals surface area (Å²) in [5.74, 6) is 0.262. The van der Waals surface area contributed by atoms with Gasteiger partial charge in [0.15, 0.2) is 0 Å². The van der Waals surface area contributed by atoms with Gasteiger partial charge in [-0.25, -0.2) is 8.42 Å². The van der Waals surface area contributed by atoms with Gasteiger partial charge >= 0.3 is 0 Å². The number of benzene rings is 1. The lowest BCUT2D eigenvalue weighted by Crippen LogP contribution is -2.54. The summed E-state index contributed by atoms with van der Waals surface area (Å²) in [6.45, 7) is 11.0. The van der Waals surface area contributed by atoms with Crippen LogP contribution in [0.15, 0.2) is 40.8 Å². The molecule has 0 aromatic heterocycles. The summed E-state index contributed by atoms with van der Waals surface area (Å²) < 4.78 is 34.1. The van der Waals surface area contributed by atoms with Crippen LogP contribution >= 0.6 is 0 Å². The van der Waals surface area contributed by atoms with Crippen LogP contribution in [-0.2, 0) is 25.0 Å². The van der Waals surface area contributed by atoms with Crippen molar-refractivity contribution in [1.29, 1.82) is 0 Å². The van der Waals surface area contributed by atoms with Crippen molar-refractivity contribution in [3.63, 3.8) is 0 Å². The fourth-order valence-corrected chi connectivity index (χ4v) is 6.45. The van der Waals surface area contributed by atoms with Crippen LogP contribution in [0.1, 0.15) is 45.6 Å². The highest BCUT2D eigenvalue weighted by Gasteiger charge is 2.46. The number of morpholine rings is 1. The summed E-state index contributed by atoms with van der Waals surface area (Å²) >= 11 is 0. The fraction of sp³-hybridized carbons (Fsp3) is 0.625. The summed E-state index contributed by atoms with van der Waals surface area (Å²) in [7, 11) is -3.61. The number of sulfonamides is 1. The van der Waals surface area contributed by atoms with Gasteiger partial charge in [0.05, 0.1) is 18.1 Å².